The van der Waals surface area contributed by atoms with E-state index >= 15 is 0 Å². The quantitative estimate of drug-likeness (QED) is 0.431. The Labute approximate surface area is 101 Å². The minimum Gasteiger partial charge on any atom is -0.382 e. The van der Waals surface area contributed by atoms with Crippen molar-refractivity contribution in [2.75, 3.05) is 19.8 Å². The van der Waals surface area contributed by atoms with Crippen molar-refractivity contribution in [2.24, 2.45) is 0 Å². The van der Waals surface area contributed by atoms with Gasteiger partial charge in [0.05, 0.1) is 0 Å². The molecule has 1 unspecified atom stereocenters. The molecule has 0 radical (unpaired) electrons. The van der Waals surface area contributed by atoms with Crippen LogP contribution in [-0.4, -0.2) is 25.8 Å². The summed E-state index contributed by atoms with van der Waals surface area (Å²) in [4.78, 5) is 0. The molecule has 0 aliphatic rings. The van der Waals surface area contributed by atoms with Crippen LogP contribution in [0.15, 0.2) is 12.2 Å². The van der Waals surface area contributed by atoms with Gasteiger partial charge in [-0.2, -0.15) is 0 Å². The van der Waals surface area contributed by atoms with E-state index in [4.69, 9.17) is 4.74 Å². The fraction of sp³-hybridized carbons (Fsp3) is 0.857. The lowest BCUT2D eigenvalue weighted by molar-refractivity contribution is 0.140. The normalized spacial score (nSPS) is 12.7. The Hall–Kier alpha value is -0.340. The van der Waals surface area contributed by atoms with Crippen LogP contribution < -0.4 is 5.32 Å². The van der Waals surface area contributed by atoms with Crippen molar-refractivity contribution in [3.63, 3.8) is 0 Å². The van der Waals surface area contributed by atoms with Gasteiger partial charge in [-0.15, -0.1) is 6.58 Å². The van der Waals surface area contributed by atoms with Crippen LogP contribution in [0.5, 0.6) is 0 Å². The van der Waals surface area contributed by atoms with Crippen LogP contribution in [0.3, 0.4) is 0 Å². The van der Waals surface area contributed by atoms with Crippen LogP contribution in [-0.2, 0) is 4.74 Å². The summed E-state index contributed by atoms with van der Waals surface area (Å²) >= 11 is 0. The smallest absolute Gasteiger partial charge is 0.0466 e. The molecule has 0 spiro atoms. The van der Waals surface area contributed by atoms with E-state index < -0.39 is 0 Å². The Kier molecular flexibility index (Phi) is 10.9. The highest BCUT2D eigenvalue weighted by molar-refractivity contribution is 4.89. The first-order chi connectivity index (χ1) is 7.70. The summed E-state index contributed by atoms with van der Waals surface area (Å²) in [6, 6.07) is 0.636. The average molecular weight is 227 g/mol. The van der Waals surface area contributed by atoms with Crippen LogP contribution >= 0.6 is 0 Å². The molecule has 1 N–H and O–H groups in total. The van der Waals surface area contributed by atoms with Gasteiger partial charge in [0.15, 0.2) is 0 Å². The van der Waals surface area contributed by atoms with Gasteiger partial charge in [-0.3, -0.25) is 0 Å². The Bertz CT molecular complexity index is 168. The van der Waals surface area contributed by atoms with Crippen LogP contribution in [0.1, 0.15) is 52.9 Å². The summed E-state index contributed by atoms with van der Waals surface area (Å²) in [5, 5.41) is 3.61. The monoisotopic (exact) mass is 227 g/mol. The summed E-state index contributed by atoms with van der Waals surface area (Å²) in [6.45, 7) is 13.2. The summed E-state index contributed by atoms with van der Waals surface area (Å²) in [5.41, 5.74) is 1.29. The van der Waals surface area contributed by atoms with Gasteiger partial charge in [0.2, 0.25) is 0 Å². The minimum absolute atomic E-state index is 0.636. The molecule has 0 aromatic carbocycles. The Morgan fingerprint density at radius 1 is 1.31 bits per heavy atom. The molecule has 16 heavy (non-hydrogen) atoms. The largest absolute Gasteiger partial charge is 0.382 e. The standard InChI is InChI=1S/C14H29NO/c1-5-11-15-14(10-9-13(3)4)8-7-12-16-6-2/h14-15H,3,5-12H2,1-2,4H3. The molecule has 2 heteroatoms. The third-order valence-electron chi connectivity index (χ3n) is 2.65. The summed E-state index contributed by atoms with van der Waals surface area (Å²) in [6.07, 6.45) is 5.92. The number of hydrogen-bond donors (Lipinski definition) is 1. The van der Waals surface area contributed by atoms with Crippen molar-refractivity contribution in [1.29, 1.82) is 0 Å². The van der Waals surface area contributed by atoms with Gasteiger partial charge in [0.25, 0.3) is 0 Å². The molecule has 0 rings (SSSR count). The Balaban J connectivity index is 3.66. The summed E-state index contributed by atoms with van der Waals surface area (Å²) in [5.74, 6) is 0. The van der Waals surface area contributed by atoms with Gasteiger partial charge in [-0.25, -0.2) is 0 Å². The molecule has 0 heterocycles. The fourth-order valence-electron chi connectivity index (χ4n) is 1.69. The van der Waals surface area contributed by atoms with Crippen LogP contribution in [0, 0.1) is 0 Å². The second-order valence-electron chi connectivity index (χ2n) is 4.49. The lowest BCUT2D eigenvalue weighted by Crippen LogP contribution is -2.30. The van der Waals surface area contributed by atoms with E-state index in [0.717, 1.165) is 32.6 Å². The first kappa shape index (κ1) is 15.7. The molecule has 2 nitrogen and oxygen atoms in total. The second-order valence-corrected chi connectivity index (χ2v) is 4.49. The number of ether oxygens (including phenoxy) is 1. The van der Waals surface area contributed by atoms with Gasteiger partial charge >= 0.3 is 0 Å². The lowest BCUT2D eigenvalue weighted by Gasteiger charge is -2.18. The van der Waals surface area contributed by atoms with Crippen molar-refractivity contribution in [3.05, 3.63) is 12.2 Å². The zero-order chi connectivity index (χ0) is 12.2. The van der Waals surface area contributed by atoms with Crippen molar-refractivity contribution < 1.29 is 4.74 Å². The Morgan fingerprint density at radius 2 is 2.06 bits per heavy atom. The molecule has 0 aliphatic heterocycles. The van der Waals surface area contributed by atoms with Gasteiger partial charge < -0.3 is 10.1 Å². The van der Waals surface area contributed by atoms with Crippen molar-refractivity contribution >= 4 is 0 Å². The fourth-order valence-corrected chi connectivity index (χ4v) is 1.69. The maximum absolute atomic E-state index is 5.37. The lowest BCUT2D eigenvalue weighted by atomic mass is 10.0. The molecule has 0 aliphatic carbocycles. The van der Waals surface area contributed by atoms with E-state index in [-0.39, 0.29) is 0 Å². The molecule has 96 valence electrons. The number of allylic oxidation sites excluding steroid dienone is 1. The van der Waals surface area contributed by atoms with Gasteiger partial charge in [-0.1, -0.05) is 12.5 Å². The summed E-state index contributed by atoms with van der Waals surface area (Å²) in [7, 11) is 0. The number of hydrogen-bond acceptors (Lipinski definition) is 2. The van der Waals surface area contributed by atoms with Crippen molar-refractivity contribution in [3.8, 4) is 0 Å². The van der Waals surface area contributed by atoms with Crippen LogP contribution in [0.2, 0.25) is 0 Å². The van der Waals surface area contributed by atoms with Crippen molar-refractivity contribution in [2.45, 2.75) is 58.9 Å². The van der Waals surface area contributed by atoms with Crippen LogP contribution in [0.25, 0.3) is 0 Å². The van der Waals surface area contributed by atoms with E-state index in [1.807, 2.05) is 6.92 Å². The molecule has 0 saturated carbocycles. The maximum Gasteiger partial charge on any atom is 0.0466 e. The third-order valence-corrected chi connectivity index (χ3v) is 2.65. The van der Waals surface area contributed by atoms with E-state index in [9.17, 15) is 0 Å². The third kappa shape index (κ3) is 10.2. The van der Waals surface area contributed by atoms with Gasteiger partial charge in [-0.05, 0) is 52.5 Å². The minimum atomic E-state index is 0.636. The highest BCUT2D eigenvalue weighted by Crippen LogP contribution is 2.09. The average Bonchev–Trinajstić information content (AvgIpc) is 2.26. The van der Waals surface area contributed by atoms with Crippen LogP contribution in [0.4, 0.5) is 0 Å². The zero-order valence-electron chi connectivity index (χ0n) is 11.3. The predicted molar refractivity (Wildman–Crippen MR) is 71.9 cm³/mol. The molecule has 0 aromatic heterocycles. The maximum atomic E-state index is 5.37. The molecule has 0 saturated heterocycles. The molecular weight excluding hydrogens is 198 g/mol. The highest BCUT2D eigenvalue weighted by Gasteiger charge is 2.07. The van der Waals surface area contributed by atoms with E-state index in [0.29, 0.717) is 6.04 Å². The summed E-state index contributed by atoms with van der Waals surface area (Å²) < 4.78 is 5.37. The van der Waals surface area contributed by atoms with E-state index in [1.54, 1.807) is 0 Å². The highest BCUT2D eigenvalue weighted by atomic mass is 16.5. The van der Waals surface area contributed by atoms with E-state index in [1.165, 1.54) is 24.8 Å². The topological polar surface area (TPSA) is 21.3 Å². The molecule has 1 atom stereocenters. The Morgan fingerprint density at radius 3 is 2.62 bits per heavy atom. The molecule has 0 fully saturated rings. The SMILES string of the molecule is C=C(C)CCC(CCCOCC)NCCC. The zero-order valence-corrected chi connectivity index (χ0v) is 11.3. The first-order valence-corrected chi connectivity index (χ1v) is 6.66. The van der Waals surface area contributed by atoms with Crippen molar-refractivity contribution in [1.82, 2.24) is 5.32 Å². The predicted octanol–water partition coefficient (Wildman–Crippen LogP) is 3.53. The van der Waals surface area contributed by atoms with E-state index in [2.05, 4.69) is 25.7 Å². The number of rotatable bonds is 11. The van der Waals surface area contributed by atoms with Gasteiger partial charge in [0.1, 0.15) is 0 Å². The second kappa shape index (κ2) is 11.2. The number of nitrogens with one attached hydrogen (secondary N) is 1. The molecule has 0 amide bonds. The molecule has 0 aromatic rings. The molecular formula is C14H29NO. The first-order valence-electron chi connectivity index (χ1n) is 6.66. The molecule has 0 bridgehead atoms. The van der Waals surface area contributed by atoms with Gasteiger partial charge in [0, 0.05) is 19.3 Å².